The summed E-state index contributed by atoms with van der Waals surface area (Å²) in [5.74, 6) is 0. The van der Waals surface area contributed by atoms with Gasteiger partial charge in [0.25, 0.3) is 0 Å². The molecular formula is C14H12FeN2O4S. The van der Waals surface area contributed by atoms with Crippen molar-refractivity contribution in [3.05, 3.63) is 47.8 Å². The minimum absolute atomic E-state index is 0. The predicted molar refractivity (Wildman–Crippen MR) is 77.0 cm³/mol. The molecule has 1 aromatic carbocycles. The van der Waals surface area contributed by atoms with Gasteiger partial charge in [0.15, 0.2) is 0 Å². The number of hydrogen-bond donors (Lipinski definition) is 0. The molecule has 0 amide bonds. The number of aromatic nitrogens is 2. The topological polar surface area (TPSA) is 106 Å². The molecular weight excluding hydrogens is 348 g/mol. The van der Waals surface area contributed by atoms with Crippen molar-refractivity contribution in [2.24, 2.45) is 0 Å². The van der Waals surface area contributed by atoms with Gasteiger partial charge in [-0.2, -0.15) is 0 Å². The maximum atomic E-state index is 8.52. The van der Waals surface area contributed by atoms with Crippen LogP contribution in [0.4, 0.5) is 0 Å². The van der Waals surface area contributed by atoms with Crippen LogP contribution in [-0.2, 0) is 27.5 Å². The van der Waals surface area contributed by atoms with Crippen LogP contribution >= 0.6 is 0 Å². The molecule has 0 aliphatic rings. The molecule has 2 heterocycles. The first-order valence-corrected chi connectivity index (χ1v) is 7.37. The Hall–Kier alpha value is -1.57. The molecule has 22 heavy (non-hydrogen) atoms. The van der Waals surface area contributed by atoms with Gasteiger partial charge in [-0.25, -0.2) is 0 Å². The van der Waals surface area contributed by atoms with E-state index >= 15 is 0 Å². The summed E-state index contributed by atoms with van der Waals surface area (Å²) in [4.78, 5) is 8.90. The van der Waals surface area contributed by atoms with Gasteiger partial charge >= 0.3 is 17.1 Å². The summed E-state index contributed by atoms with van der Waals surface area (Å²) in [5.41, 5.74) is 4.49. The number of hydrogen-bond acceptors (Lipinski definition) is 6. The smallest absolute Gasteiger partial charge is 0.759 e. The molecule has 3 rings (SSSR count). The van der Waals surface area contributed by atoms with Crippen LogP contribution in [0.25, 0.3) is 21.8 Å². The minimum Gasteiger partial charge on any atom is -0.759 e. The van der Waals surface area contributed by atoms with E-state index in [-0.39, 0.29) is 17.1 Å². The molecule has 0 saturated heterocycles. The zero-order valence-electron chi connectivity index (χ0n) is 11.8. The van der Waals surface area contributed by atoms with Crippen LogP contribution in [0.2, 0.25) is 0 Å². The van der Waals surface area contributed by atoms with Crippen molar-refractivity contribution in [3.63, 3.8) is 0 Å². The minimum atomic E-state index is -5.17. The summed E-state index contributed by atoms with van der Waals surface area (Å²) in [6, 6.07) is 8.33. The van der Waals surface area contributed by atoms with Gasteiger partial charge in [-0.1, -0.05) is 12.1 Å². The third-order valence-electron chi connectivity index (χ3n) is 3.06. The van der Waals surface area contributed by atoms with Gasteiger partial charge in [-0.3, -0.25) is 18.4 Å². The second-order valence-electron chi connectivity index (χ2n) is 4.52. The quantitative estimate of drug-likeness (QED) is 0.263. The number of benzene rings is 1. The fourth-order valence-corrected chi connectivity index (χ4v) is 2.10. The summed E-state index contributed by atoms with van der Waals surface area (Å²) < 4.78 is 34.1. The van der Waals surface area contributed by atoms with Crippen molar-refractivity contribution in [1.82, 2.24) is 9.97 Å². The molecule has 0 unspecified atom stereocenters. The fourth-order valence-electron chi connectivity index (χ4n) is 2.10. The van der Waals surface area contributed by atoms with E-state index in [1.54, 1.807) is 0 Å². The van der Waals surface area contributed by atoms with Crippen molar-refractivity contribution in [2.45, 2.75) is 13.8 Å². The molecule has 0 spiro atoms. The second kappa shape index (κ2) is 7.13. The Labute approximate surface area is 138 Å². The first-order chi connectivity index (χ1) is 9.77. The molecule has 0 fully saturated rings. The van der Waals surface area contributed by atoms with E-state index in [1.807, 2.05) is 24.5 Å². The van der Waals surface area contributed by atoms with Crippen LogP contribution in [0.3, 0.4) is 0 Å². The van der Waals surface area contributed by atoms with Gasteiger partial charge in [-0.05, 0) is 37.1 Å². The first-order valence-electron chi connectivity index (χ1n) is 6.03. The Balaban J connectivity index is 0.000000356. The summed E-state index contributed by atoms with van der Waals surface area (Å²) in [6.07, 6.45) is 3.70. The first kappa shape index (κ1) is 18.5. The Morgan fingerprint density at radius 2 is 1.14 bits per heavy atom. The maximum Gasteiger partial charge on any atom is 2.00 e. The van der Waals surface area contributed by atoms with Crippen LogP contribution in [0.5, 0.6) is 0 Å². The largest absolute Gasteiger partial charge is 2.00 e. The maximum absolute atomic E-state index is 8.52. The van der Waals surface area contributed by atoms with Crippen LogP contribution < -0.4 is 0 Å². The Morgan fingerprint density at radius 1 is 0.818 bits per heavy atom. The number of pyridine rings is 2. The van der Waals surface area contributed by atoms with Crippen LogP contribution in [0.1, 0.15) is 11.1 Å². The van der Waals surface area contributed by atoms with Crippen molar-refractivity contribution in [2.75, 3.05) is 0 Å². The van der Waals surface area contributed by atoms with E-state index in [0.29, 0.717) is 0 Å². The molecule has 0 N–H and O–H groups in total. The van der Waals surface area contributed by atoms with Crippen molar-refractivity contribution < 1.29 is 34.6 Å². The number of nitrogens with zero attached hydrogens (tertiary/aromatic N) is 2. The van der Waals surface area contributed by atoms with Crippen LogP contribution in [-0.4, -0.2) is 27.5 Å². The average Bonchev–Trinajstić information content (AvgIpc) is 2.37. The average molecular weight is 360 g/mol. The van der Waals surface area contributed by atoms with Gasteiger partial charge in [0.2, 0.25) is 0 Å². The Kier molecular flexibility index (Phi) is 5.99. The standard InChI is InChI=1S/C14H12N2.Fe.H2O4S/c1-9-5-7-15-13-11(9)3-4-12-10(2)6-8-16-14(12)13;;1-5(2,3)4/h3-8H,1-2H3;;(H2,1,2,3,4)/q;+2;/p-2. The third-order valence-corrected chi connectivity index (χ3v) is 3.06. The summed E-state index contributed by atoms with van der Waals surface area (Å²) in [6.45, 7) is 4.21. The van der Waals surface area contributed by atoms with Crippen LogP contribution in [0.15, 0.2) is 36.7 Å². The van der Waals surface area contributed by atoms with Gasteiger partial charge < -0.3 is 9.11 Å². The van der Waals surface area contributed by atoms with E-state index in [2.05, 4.69) is 35.9 Å². The van der Waals surface area contributed by atoms with E-state index in [0.717, 1.165) is 11.0 Å². The zero-order valence-corrected chi connectivity index (χ0v) is 13.7. The predicted octanol–water partition coefficient (Wildman–Crippen LogP) is 2.06. The van der Waals surface area contributed by atoms with E-state index in [4.69, 9.17) is 17.5 Å². The van der Waals surface area contributed by atoms with Gasteiger partial charge in [-0.15, -0.1) is 0 Å². The van der Waals surface area contributed by atoms with E-state index in [1.165, 1.54) is 21.9 Å². The summed E-state index contributed by atoms with van der Waals surface area (Å²) in [7, 11) is -5.17. The SMILES string of the molecule is Cc1ccnc2c1ccc1c(C)ccnc12.O=S(=O)([O-])[O-].[Fe+2]. The van der Waals surface area contributed by atoms with Gasteiger partial charge in [0, 0.05) is 33.6 Å². The van der Waals surface area contributed by atoms with Crippen molar-refractivity contribution in [3.8, 4) is 0 Å². The summed E-state index contributed by atoms with van der Waals surface area (Å²) >= 11 is 0. The fraction of sp³-hybridized carbons (Fsp3) is 0.143. The number of fused-ring (bicyclic) bond motifs is 3. The molecule has 2 aromatic heterocycles. The molecule has 0 radical (unpaired) electrons. The van der Waals surface area contributed by atoms with Crippen molar-refractivity contribution >= 4 is 32.2 Å². The molecule has 116 valence electrons. The molecule has 8 heteroatoms. The normalized spacial score (nSPS) is 10.7. The molecule has 0 bridgehead atoms. The Bertz CT molecular complexity index is 845. The monoisotopic (exact) mass is 360 g/mol. The molecule has 0 atom stereocenters. The van der Waals surface area contributed by atoms with Gasteiger partial charge in [0.1, 0.15) is 0 Å². The van der Waals surface area contributed by atoms with E-state index < -0.39 is 10.4 Å². The molecule has 0 saturated carbocycles. The van der Waals surface area contributed by atoms with Crippen molar-refractivity contribution in [1.29, 1.82) is 0 Å². The molecule has 3 aromatic rings. The second-order valence-corrected chi connectivity index (χ2v) is 5.34. The molecule has 0 aliphatic heterocycles. The molecule has 6 nitrogen and oxygen atoms in total. The number of aryl methyl sites for hydroxylation is 2. The van der Waals surface area contributed by atoms with E-state index in [9.17, 15) is 0 Å². The van der Waals surface area contributed by atoms with Gasteiger partial charge in [0.05, 0.1) is 11.0 Å². The van der Waals surface area contributed by atoms with Crippen LogP contribution in [0, 0.1) is 13.8 Å². The Morgan fingerprint density at radius 3 is 1.45 bits per heavy atom. The summed E-state index contributed by atoms with van der Waals surface area (Å²) in [5, 5.41) is 2.38. The molecule has 0 aliphatic carbocycles. The third kappa shape index (κ3) is 4.46. The zero-order chi connectivity index (χ0) is 15.6. The number of rotatable bonds is 0.